The number of carboxylic acid groups (broad SMARTS) is 1. The Kier molecular flexibility index (Phi) is 7.37. The predicted octanol–water partition coefficient (Wildman–Crippen LogP) is 3.40. The fourth-order valence-electron chi connectivity index (χ4n) is 2.43. The molecule has 2 rings (SSSR count). The Morgan fingerprint density at radius 3 is 2.11 bits per heavy atom. The van der Waals surface area contributed by atoms with Crippen molar-refractivity contribution in [3.8, 4) is 0 Å². The Hall–Kier alpha value is -2.86. The molecular weight excluding hydrogens is 346 g/mol. The molecule has 0 aliphatic rings. The van der Waals surface area contributed by atoms with Gasteiger partial charge in [0, 0.05) is 6.42 Å². The zero-order valence-electron chi connectivity index (χ0n) is 15.6. The van der Waals surface area contributed by atoms with Gasteiger partial charge in [-0.15, -0.1) is 0 Å². The van der Waals surface area contributed by atoms with Crippen LogP contribution in [0.15, 0.2) is 60.7 Å². The van der Waals surface area contributed by atoms with Crippen molar-refractivity contribution < 1.29 is 24.2 Å². The van der Waals surface area contributed by atoms with Crippen molar-refractivity contribution >= 4 is 12.1 Å². The average molecular weight is 371 g/mol. The number of nitrogens with one attached hydrogen (secondary N) is 1. The van der Waals surface area contributed by atoms with Gasteiger partial charge in [0.1, 0.15) is 6.61 Å². The Morgan fingerprint density at radius 2 is 1.56 bits per heavy atom. The van der Waals surface area contributed by atoms with Crippen molar-refractivity contribution in [1.82, 2.24) is 5.32 Å². The number of carbonyl (C=O) groups excluding carboxylic acids is 1. The van der Waals surface area contributed by atoms with Crippen LogP contribution in [0.4, 0.5) is 4.79 Å². The van der Waals surface area contributed by atoms with Gasteiger partial charge in [-0.25, -0.2) is 9.59 Å². The Balaban J connectivity index is 1.82. The maximum Gasteiger partial charge on any atom is 0.407 e. The summed E-state index contributed by atoms with van der Waals surface area (Å²) in [6.07, 6.45) is -1.32. The second-order valence-corrected chi connectivity index (χ2v) is 6.90. The molecule has 2 aromatic rings. The molecule has 1 amide bonds. The van der Waals surface area contributed by atoms with Crippen LogP contribution in [0.25, 0.3) is 0 Å². The fourth-order valence-corrected chi connectivity index (χ4v) is 2.43. The molecule has 6 nitrogen and oxygen atoms in total. The zero-order chi connectivity index (χ0) is 19.7. The molecule has 0 saturated carbocycles. The minimum Gasteiger partial charge on any atom is -0.479 e. The number of carboxylic acids is 1. The Bertz CT molecular complexity index is 731. The van der Waals surface area contributed by atoms with E-state index in [0.717, 1.165) is 11.1 Å². The standard InChI is InChI=1S/C21H25NO5/c1-21(2,22-20(25)26-14-17-11-7-4-8-12-17)15-27-18(19(23)24)13-16-9-5-3-6-10-16/h3-12,18H,13-15H2,1-2H3,(H,22,25)(H,23,24)/t18-/m0/s1. The van der Waals surface area contributed by atoms with E-state index in [-0.39, 0.29) is 19.6 Å². The van der Waals surface area contributed by atoms with E-state index in [2.05, 4.69) is 5.32 Å². The van der Waals surface area contributed by atoms with Gasteiger partial charge < -0.3 is 19.9 Å². The monoisotopic (exact) mass is 371 g/mol. The number of rotatable bonds is 9. The van der Waals surface area contributed by atoms with Crippen molar-refractivity contribution in [1.29, 1.82) is 0 Å². The first-order valence-electron chi connectivity index (χ1n) is 8.73. The molecule has 0 saturated heterocycles. The van der Waals surface area contributed by atoms with Gasteiger partial charge in [0.15, 0.2) is 6.10 Å². The predicted molar refractivity (Wildman–Crippen MR) is 101 cm³/mol. The van der Waals surface area contributed by atoms with E-state index in [0.29, 0.717) is 0 Å². The van der Waals surface area contributed by atoms with Crippen LogP contribution in [-0.4, -0.2) is 35.4 Å². The van der Waals surface area contributed by atoms with Crippen molar-refractivity contribution in [2.24, 2.45) is 0 Å². The van der Waals surface area contributed by atoms with E-state index in [1.807, 2.05) is 60.7 Å². The molecule has 6 heteroatoms. The van der Waals surface area contributed by atoms with Gasteiger partial charge in [0.05, 0.1) is 12.1 Å². The van der Waals surface area contributed by atoms with Gasteiger partial charge in [-0.2, -0.15) is 0 Å². The summed E-state index contributed by atoms with van der Waals surface area (Å²) in [6.45, 7) is 3.70. The fraction of sp³-hybridized carbons (Fsp3) is 0.333. The number of amides is 1. The van der Waals surface area contributed by atoms with E-state index in [1.165, 1.54) is 0 Å². The lowest BCUT2D eigenvalue weighted by molar-refractivity contribution is -0.151. The summed E-state index contributed by atoms with van der Waals surface area (Å²) in [5.74, 6) is -1.04. The highest BCUT2D eigenvalue weighted by atomic mass is 16.6. The lowest BCUT2D eigenvalue weighted by Crippen LogP contribution is -2.48. The number of benzene rings is 2. The molecule has 0 aliphatic heterocycles. The lowest BCUT2D eigenvalue weighted by atomic mass is 10.1. The Labute approximate surface area is 159 Å². The highest BCUT2D eigenvalue weighted by molar-refractivity contribution is 5.72. The molecule has 2 N–H and O–H groups in total. The highest BCUT2D eigenvalue weighted by Gasteiger charge is 2.26. The van der Waals surface area contributed by atoms with Gasteiger partial charge in [0.2, 0.25) is 0 Å². The van der Waals surface area contributed by atoms with E-state index >= 15 is 0 Å². The second kappa shape index (κ2) is 9.73. The molecule has 0 heterocycles. The number of aliphatic carboxylic acids is 1. The summed E-state index contributed by atoms with van der Waals surface area (Å²) in [5.41, 5.74) is 0.978. The van der Waals surface area contributed by atoms with Crippen LogP contribution in [0.1, 0.15) is 25.0 Å². The molecule has 0 aromatic heterocycles. The summed E-state index contributed by atoms with van der Waals surface area (Å²) in [7, 11) is 0. The van der Waals surface area contributed by atoms with E-state index < -0.39 is 23.7 Å². The van der Waals surface area contributed by atoms with Gasteiger partial charge in [-0.1, -0.05) is 60.7 Å². The molecule has 0 spiro atoms. The average Bonchev–Trinajstić information content (AvgIpc) is 2.64. The number of carbonyl (C=O) groups is 2. The van der Waals surface area contributed by atoms with Crippen LogP contribution in [-0.2, 0) is 27.3 Å². The molecule has 0 fully saturated rings. The molecule has 2 aromatic carbocycles. The molecule has 0 aliphatic carbocycles. The largest absolute Gasteiger partial charge is 0.479 e. The van der Waals surface area contributed by atoms with Crippen molar-refractivity contribution in [2.45, 2.75) is 38.5 Å². The first-order chi connectivity index (χ1) is 12.9. The van der Waals surface area contributed by atoms with Gasteiger partial charge in [-0.05, 0) is 25.0 Å². The zero-order valence-corrected chi connectivity index (χ0v) is 15.6. The Morgan fingerprint density at radius 1 is 1.00 bits per heavy atom. The summed E-state index contributed by atoms with van der Waals surface area (Å²) in [4.78, 5) is 23.5. The molecule has 0 radical (unpaired) electrons. The molecule has 0 bridgehead atoms. The van der Waals surface area contributed by atoms with Crippen molar-refractivity contribution in [2.75, 3.05) is 6.61 Å². The van der Waals surface area contributed by atoms with Crippen molar-refractivity contribution in [3.05, 3.63) is 71.8 Å². The summed E-state index contributed by atoms with van der Waals surface area (Å²) in [5, 5.41) is 12.1. The van der Waals surface area contributed by atoms with E-state index in [9.17, 15) is 14.7 Å². The molecule has 1 atom stereocenters. The molecule has 27 heavy (non-hydrogen) atoms. The van der Waals surface area contributed by atoms with E-state index in [4.69, 9.17) is 9.47 Å². The van der Waals surface area contributed by atoms with Crippen LogP contribution < -0.4 is 5.32 Å². The topological polar surface area (TPSA) is 84.9 Å². The summed E-state index contributed by atoms with van der Waals surface area (Å²) < 4.78 is 10.8. The quantitative estimate of drug-likeness (QED) is 0.706. The first kappa shape index (κ1) is 20.5. The third-order valence-electron chi connectivity index (χ3n) is 3.84. The molecular formula is C21H25NO5. The number of hydrogen-bond acceptors (Lipinski definition) is 4. The summed E-state index contributed by atoms with van der Waals surface area (Å²) in [6, 6.07) is 18.6. The van der Waals surface area contributed by atoms with E-state index in [1.54, 1.807) is 13.8 Å². The molecule has 0 unspecified atom stereocenters. The van der Waals surface area contributed by atoms with Crippen molar-refractivity contribution in [3.63, 3.8) is 0 Å². The van der Waals surface area contributed by atoms with Crippen LogP contribution in [0.5, 0.6) is 0 Å². The van der Waals surface area contributed by atoms with Crippen LogP contribution in [0.3, 0.4) is 0 Å². The lowest BCUT2D eigenvalue weighted by Gasteiger charge is -2.27. The van der Waals surface area contributed by atoms with Gasteiger partial charge in [0.25, 0.3) is 0 Å². The first-order valence-corrected chi connectivity index (χ1v) is 8.73. The van der Waals surface area contributed by atoms with Crippen LogP contribution >= 0.6 is 0 Å². The number of alkyl carbamates (subject to hydrolysis) is 1. The van der Waals surface area contributed by atoms with Gasteiger partial charge in [-0.3, -0.25) is 0 Å². The molecule has 144 valence electrons. The van der Waals surface area contributed by atoms with Crippen LogP contribution in [0.2, 0.25) is 0 Å². The number of ether oxygens (including phenoxy) is 2. The van der Waals surface area contributed by atoms with Gasteiger partial charge >= 0.3 is 12.1 Å². The summed E-state index contributed by atoms with van der Waals surface area (Å²) >= 11 is 0. The SMILES string of the molecule is CC(C)(CO[C@@H](Cc1ccccc1)C(=O)O)NC(=O)OCc1ccccc1. The maximum absolute atomic E-state index is 12.0. The maximum atomic E-state index is 12.0. The normalized spacial score (nSPS) is 12.2. The number of hydrogen-bond donors (Lipinski definition) is 2. The van der Waals surface area contributed by atoms with Crippen LogP contribution in [0, 0.1) is 0 Å². The smallest absolute Gasteiger partial charge is 0.407 e. The highest BCUT2D eigenvalue weighted by Crippen LogP contribution is 2.11. The second-order valence-electron chi connectivity index (χ2n) is 6.90. The third kappa shape index (κ3) is 7.50. The third-order valence-corrected chi connectivity index (χ3v) is 3.84. The minimum atomic E-state index is -1.04. The minimum absolute atomic E-state index is 0.0389.